The van der Waals surface area contributed by atoms with Crippen molar-refractivity contribution in [3.63, 3.8) is 0 Å². The fraction of sp³-hybridized carbons (Fsp3) is 0.279. The number of rotatable bonds is 22. The fourth-order valence-corrected chi connectivity index (χ4v) is 14.6. The van der Waals surface area contributed by atoms with Crippen molar-refractivity contribution in [1.29, 1.82) is 0 Å². The maximum atomic E-state index is 6.31. The van der Waals surface area contributed by atoms with Crippen molar-refractivity contribution in [2.75, 3.05) is 47.8 Å². The second-order valence-corrected chi connectivity index (χ2v) is 21.8. The molecule has 73 heavy (non-hydrogen) atoms. The first-order chi connectivity index (χ1) is 35.9. The van der Waals surface area contributed by atoms with Crippen molar-refractivity contribution < 1.29 is 41.4 Å². The van der Waals surface area contributed by atoms with Gasteiger partial charge in [-0.3, -0.25) is 0 Å². The summed E-state index contributed by atoms with van der Waals surface area (Å²) in [4.78, 5) is 0. The molecule has 1 spiro atoms. The predicted octanol–water partition coefficient (Wildman–Crippen LogP) is 8.82. The average molecular weight is 991 g/mol. The molecule has 6 aromatic rings. The Morgan fingerprint density at radius 1 is 0.438 bits per heavy atom. The van der Waals surface area contributed by atoms with Gasteiger partial charge in [-0.15, -0.1) is 0 Å². The van der Waals surface area contributed by atoms with Crippen LogP contribution in [-0.2, 0) is 64.6 Å². The molecule has 0 N–H and O–H groups in total. The minimum atomic E-state index is -2.73. The highest BCUT2D eigenvalue weighted by Crippen LogP contribution is 2.53. The Labute approximate surface area is 428 Å². The second-order valence-electron chi connectivity index (χ2n) is 19.1. The maximum Gasteiger partial charge on any atom is 0.553 e. The van der Waals surface area contributed by atoms with Gasteiger partial charge < -0.3 is 32.2 Å². The van der Waals surface area contributed by atoms with Crippen LogP contribution in [0.25, 0.3) is 22.3 Å². The Kier molecular flexibility index (Phi) is 12.6. The fourth-order valence-electron chi connectivity index (χ4n) is 12.1. The minimum Gasteiger partial charge on any atom is -0.380 e. The molecule has 1 atom stereocenters. The Balaban J connectivity index is 1.04. The van der Waals surface area contributed by atoms with Crippen LogP contribution in [0, 0.1) is 0 Å². The lowest BCUT2D eigenvalue weighted by atomic mass is 9.92. The van der Waals surface area contributed by atoms with E-state index in [1.54, 1.807) is 21.3 Å². The summed E-state index contributed by atoms with van der Waals surface area (Å²) in [6, 6.07) is 45.8. The van der Waals surface area contributed by atoms with E-state index in [9.17, 15) is 0 Å². The van der Waals surface area contributed by atoms with E-state index in [-0.39, 0.29) is 0 Å². The Hall–Kier alpha value is -6.58. The molecule has 0 radical (unpaired) electrons. The van der Waals surface area contributed by atoms with Crippen LogP contribution in [0.1, 0.15) is 83.1 Å². The molecule has 0 amide bonds. The minimum absolute atomic E-state index is 0.502. The van der Waals surface area contributed by atoms with Gasteiger partial charge >= 0.3 is 14.7 Å². The van der Waals surface area contributed by atoms with Gasteiger partial charge in [0.25, 0.3) is 0 Å². The van der Waals surface area contributed by atoms with Crippen LogP contribution in [0.15, 0.2) is 157 Å². The van der Waals surface area contributed by atoms with Crippen molar-refractivity contribution in [2.45, 2.75) is 65.6 Å². The highest BCUT2D eigenvalue weighted by atomic mass is 28.4. The second kappa shape index (κ2) is 19.4. The molecule has 0 saturated heterocycles. The molecule has 0 aliphatic carbocycles. The first-order valence-corrected chi connectivity index (χ1v) is 27.6. The van der Waals surface area contributed by atoms with Crippen molar-refractivity contribution in [3.05, 3.63) is 224 Å². The van der Waals surface area contributed by atoms with Crippen molar-refractivity contribution in [2.24, 2.45) is 0 Å². The van der Waals surface area contributed by atoms with E-state index in [0.29, 0.717) is 52.9 Å². The summed E-state index contributed by atoms with van der Waals surface area (Å²) in [5.41, 5.74) is 20.7. The van der Waals surface area contributed by atoms with Crippen LogP contribution in [0.4, 0.5) is 0 Å². The molecule has 12 rings (SSSR count). The van der Waals surface area contributed by atoms with Crippen LogP contribution in [0.3, 0.4) is 0 Å². The molecule has 4 aromatic carbocycles. The first kappa shape index (κ1) is 47.4. The number of allylic oxidation sites excluding steroid dienone is 4. The molecular formula is C61H62N4O7Si+2. The molecular weight excluding hydrogens is 929 g/mol. The topological polar surface area (TPSA) is 80.5 Å². The summed E-state index contributed by atoms with van der Waals surface area (Å²) in [5, 5.41) is 2.30. The number of methoxy groups -OCH3 is 3. The normalized spacial score (nSPS) is 17.8. The van der Waals surface area contributed by atoms with Gasteiger partial charge in [0, 0.05) is 78.1 Å². The van der Waals surface area contributed by atoms with Crippen LogP contribution < -0.4 is 10.7 Å². The summed E-state index contributed by atoms with van der Waals surface area (Å²) in [6.45, 7) is 10.4. The zero-order valence-electron chi connectivity index (χ0n) is 42.6. The smallest absolute Gasteiger partial charge is 0.380 e. The van der Waals surface area contributed by atoms with Crippen LogP contribution in [-0.4, -0.2) is 86.3 Å². The van der Waals surface area contributed by atoms with Gasteiger partial charge in [0.1, 0.15) is 0 Å². The summed E-state index contributed by atoms with van der Waals surface area (Å²) in [7, 11) is 2.51. The highest BCUT2D eigenvalue weighted by Gasteiger charge is 2.73. The molecule has 11 nitrogen and oxygen atoms in total. The van der Waals surface area contributed by atoms with E-state index in [0.717, 1.165) is 102 Å². The zero-order valence-corrected chi connectivity index (χ0v) is 43.6. The third kappa shape index (κ3) is 7.49. The van der Waals surface area contributed by atoms with E-state index in [4.69, 9.17) is 32.2 Å². The van der Waals surface area contributed by atoms with E-state index < -0.39 is 14.7 Å². The summed E-state index contributed by atoms with van der Waals surface area (Å²) in [6.07, 6.45) is 10.2. The van der Waals surface area contributed by atoms with E-state index in [1.807, 2.05) is 20.8 Å². The number of hydrogen-bond donors (Lipinski definition) is 0. The average Bonchev–Trinajstić information content (AvgIpc) is 4.30. The molecule has 370 valence electrons. The monoisotopic (exact) mass is 990 g/mol. The standard InChI is InChI=1S/C61H62N4O7Si/c1-7-70-73(71-8-2,72-9-3)36-10-35-69-40-44-17-25-48(26-18-44)60-55-33-31-53-58(46-21-13-42(14-22-46)38-67-5)51-29-27-49-57(45-19-11-41(12-20-45)37-66-4)50-28-30-52-59(47-23-15-43(16-24-47)39-68-6)54-32-34-56(60)65(54)61(62(49)51,63(50)52)64(53)55/h11-34H,7-10,35-40H2,1-6H3/q+2. The molecule has 6 aliphatic heterocycles. The summed E-state index contributed by atoms with van der Waals surface area (Å²) < 4.78 is 51.8. The lowest BCUT2D eigenvalue weighted by Gasteiger charge is -2.41. The molecule has 2 aromatic heterocycles. The Bertz CT molecular complexity index is 3470. The van der Waals surface area contributed by atoms with E-state index >= 15 is 0 Å². The van der Waals surface area contributed by atoms with Crippen LogP contribution in [0.5, 0.6) is 0 Å². The van der Waals surface area contributed by atoms with E-state index in [1.165, 1.54) is 22.3 Å². The van der Waals surface area contributed by atoms with Gasteiger partial charge in [0.2, 0.25) is 22.8 Å². The van der Waals surface area contributed by atoms with Gasteiger partial charge in [-0.2, -0.15) is 9.13 Å². The van der Waals surface area contributed by atoms with Crippen molar-refractivity contribution in [3.8, 4) is 0 Å². The maximum absolute atomic E-state index is 6.31. The Morgan fingerprint density at radius 2 is 0.822 bits per heavy atom. The molecule has 0 fully saturated rings. The van der Waals surface area contributed by atoms with E-state index in [2.05, 4.69) is 164 Å². The van der Waals surface area contributed by atoms with Gasteiger partial charge in [-0.1, -0.05) is 106 Å². The molecule has 0 bridgehead atoms. The Morgan fingerprint density at radius 3 is 1.21 bits per heavy atom. The summed E-state index contributed by atoms with van der Waals surface area (Å²) >= 11 is 0. The largest absolute Gasteiger partial charge is 0.553 e. The first-order valence-electron chi connectivity index (χ1n) is 25.6. The number of aromatic nitrogens is 2. The highest BCUT2D eigenvalue weighted by molar-refractivity contribution is 6.60. The molecule has 8 heterocycles. The molecule has 6 aliphatic rings. The van der Waals surface area contributed by atoms with Gasteiger partial charge in [-0.25, -0.2) is 0 Å². The lowest BCUT2D eigenvalue weighted by Crippen LogP contribution is -2.71. The third-order valence-corrected chi connectivity index (χ3v) is 18.0. The SMILES string of the molecule is CCO[Si](CCCOCc1ccc(C2=C3C=CC4=[N+]3C35n6c(ccc62)C(c2ccc(COC)cc2)=C2C=CC(=[N+]23)C(c2ccc(COC)cc2)=c2ccc(n25)=C4c2ccc(COC)cc2)cc1)(OCC)OCC. The van der Waals surface area contributed by atoms with Crippen LogP contribution in [0.2, 0.25) is 6.04 Å². The van der Waals surface area contributed by atoms with Gasteiger partial charge in [0.15, 0.2) is 0 Å². The molecule has 0 saturated carbocycles. The van der Waals surface area contributed by atoms with Gasteiger partial charge in [-0.05, 0) is 96.0 Å². The molecule has 1 unspecified atom stereocenters. The van der Waals surface area contributed by atoms with Gasteiger partial charge in [0.05, 0.1) is 70.8 Å². The van der Waals surface area contributed by atoms with Crippen molar-refractivity contribution in [1.82, 2.24) is 9.13 Å². The summed E-state index contributed by atoms with van der Waals surface area (Å²) in [5.74, 6) is -0.895. The number of hydrogen-bond acceptors (Lipinski definition) is 7. The lowest BCUT2D eigenvalue weighted by molar-refractivity contribution is -0.834. The molecule has 12 heteroatoms. The number of nitrogens with zero attached hydrogens (tertiary/aromatic N) is 4. The third-order valence-electron chi connectivity index (χ3n) is 14.8. The number of benzene rings is 4. The van der Waals surface area contributed by atoms with Crippen LogP contribution >= 0.6 is 0 Å². The van der Waals surface area contributed by atoms with Crippen molar-refractivity contribution >= 4 is 42.5 Å². The number of ether oxygens (including phenoxy) is 4. The zero-order chi connectivity index (χ0) is 49.8. The predicted molar refractivity (Wildman–Crippen MR) is 285 cm³/mol. The quantitative estimate of drug-likeness (QED) is 0.0383.